The number of amides is 2. The summed E-state index contributed by atoms with van der Waals surface area (Å²) in [5.41, 5.74) is 4.23. The number of fused-ring (bicyclic) bond motifs is 2. The summed E-state index contributed by atoms with van der Waals surface area (Å²) >= 11 is 0. The highest BCUT2D eigenvalue weighted by Crippen LogP contribution is 2.39. The van der Waals surface area contributed by atoms with Crippen molar-refractivity contribution in [3.05, 3.63) is 89.2 Å². The van der Waals surface area contributed by atoms with Crippen molar-refractivity contribution in [2.75, 3.05) is 36.5 Å². The molecule has 13 nitrogen and oxygen atoms in total. The van der Waals surface area contributed by atoms with E-state index in [4.69, 9.17) is 14.6 Å². The maximum atomic E-state index is 13.7. The summed E-state index contributed by atoms with van der Waals surface area (Å²) in [6, 6.07) is 20.4. The molecule has 0 radical (unpaired) electrons. The molecule has 51 heavy (non-hydrogen) atoms. The zero-order valence-corrected chi connectivity index (χ0v) is 29.2. The van der Waals surface area contributed by atoms with E-state index in [-0.39, 0.29) is 36.8 Å². The number of nitriles is 1. The summed E-state index contributed by atoms with van der Waals surface area (Å²) < 4.78 is 15.9. The number of carbonyl (C=O) groups excluding carboxylic acids is 1. The number of urea groups is 1. The number of hydrogen-bond acceptors (Lipinski definition) is 9. The lowest BCUT2D eigenvalue weighted by atomic mass is 9.85. The van der Waals surface area contributed by atoms with Crippen LogP contribution in [0.1, 0.15) is 87.4 Å². The van der Waals surface area contributed by atoms with Crippen molar-refractivity contribution in [2.24, 2.45) is 0 Å². The predicted octanol–water partition coefficient (Wildman–Crippen LogP) is 6.22. The normalized spacial score (nSPS) is 17.4. The van der Waals surface area contributed by atoms with Crippen LogP contribution in [0, 0.1) is 11.3 Å². The first kappa shape index (κ1) is 33.9. The molecular formula is C38H43N9O4. The Kier molecular flexibility index (Phi) is 9.51. The number of benzene rings is 2. The fraction of sp³-hybridized carbons (Fsp3) is 0.395. The number of aromatic nitrogens is 5. The molecule has 5 aromatic rings. The maximum absolute atomic E-state index is 13.7. The first-order valence-electron chi connectivity index (χ1n) is 17.5. The van der Waals surface area contributed by atoms with E-state index in [1.165, 1.54) is 6.42 Å². The smallest absolute Gasteiger partial charge is 0.320 e. The van der Waals surface area contributed by atoms with Gasteiger partial charge in [0.25, 0.3) is 0 Å². The minimum Gasteiger partial charge on any atom is -0.490 e. The highest BCUT2D eigenvalue weighted by molar-refractivity contribution is 5.89. The Bertz CT molecular complexity index is 2070. The fourth-order valence-electron chi connectivity index (χ4n) is 6.78. The zero-order chi connectivity index (χ0) is 35.5. The van der Waals surface area contributed by atoms with Crippen molar-refractivity contribution in [3.63, 3.8) is 0 Å². The lowest BCUT2D eigenvalue weighted by Crippen LogP contribution is -2.36. The first-order chi connectivity index (χ1) is 24.7. The number of aliphatic hydroxyl groups excluding tert-OH is 1. The van der Waals surface area contributed by atoms with Gasteiger partial charge in [0.2, 0.25) is 5.95 Å². The maximum Gasteiger partial charge on any atom is 0.320 e. The van der Waals surface area contributed by atoms with Gasteiger partial charge in [0, 0.05) is 30.6 Å². The van der Waals surface area contributed by atoms with Crippen LogP contribution in [0.4, 0.5) is 16.6 Å². The quantitative estimate of drug-likeness (QED) is 0.164. The van der Waals surface area contributed by atoms with E-state index < -0.39 is 0 Å². The number of hydrogen-bond donors (Lipinski definition) is 3. The first-order valence-corrected chi connectivity index (χ1v) is 17.5. The SMILES string of the molecule is CC(C)(C)c1cc(NC(=O)NC2CC[C@@H](Oc3ccc4nnc(N5CCCCC5)n4c3)c3ccccc32)n(-c2ccc(C#N)c(OCCO)c2)n1. The van der Waals surface area contributed by atoms with Crippen LogP contribution in [0.2, 0.25) is 0 Å². The van der Waals surface area contributed by atoms with Crippen molar-refractivity contribution >= 4 is 23.4 Å². The number of carbonyl (C=O) groups is 1. The van der Waals surface area contributed by atoms with Gasteiger partial charge in [0.15, 0.2) is 5.65 Å². The summed E-state index contributed by atoms with van der Waals surface area (Å²) in [7, 11) is 0. The van der Waals surface area contributed by atoms with Gasteiger partial charge >= 0.3 is 6.03 Å². The van der Waals surface area contributed by atoms with Crippen LogP contribution in [-0.4, -0.2) is 61.8 Å². The molecule has 13 heteroatoms. The van der Waals surface area contributed by atoms with Crippen LogP contribution in [0.5, 0.6) is 11.5 Å². The zero-order valence-electron chi connectivity index (χ0n) is 29.2. The van der Waals surface area contributed by atoms with Crippen molar-refractivity contribution in [1.29, 1.82) is 5.26 Å². The number of nitrogens with zero attached hydrogens (tertiary/aromatic N) is 7. The third-order valence-electron chi connectivity index (χ3n) is 9.41. The molecule has 1 fully saturated rings. The Morgan fingerprint density at radius 2 is 1.82 bits per heavy atom. The van der Waals surface area contributed by atoms with E-state index in [2.05, 4.69) is 37.9 Å². The Balaban J connectivity index is 1.09. The van der Waals surface area contributed by atoms with Gasteiger partial charge in [-0.2, -0.15) is 10.4 Å². The standard InChI is InChI=1S/C38H43N9O4/c1-38(2,3)33-22-35(47(44-33)26-12-11-25(23-39)32(21-26)50-20-19-48)41-36(49)40-30-14-15-31(29-10-6-5-9-28(29)30)51-27-13-16-34-42-43-37(46(34)24-27)45-17-7-4-8-18-45/h5-6,9-13,16,21-22,24,30-31,48H,4,7-8,14-15,17-20H2,1-3H3,(H2,40,41,49)/t30?,31-/m1/s1. The summed E-state index contributed by atoms with van der Waals surface area (Å²) in [5.74, 6) is 2.38. The fourth-order valence-corrected chi connectivity index (χ4v) is 6.78. The largest absolute Gasteiger partial charge is 0.490 e. The summed E-state index contributed by atoms with van der Waals surface area (Å²) in [6.07, 6.45) is 6.71. The van der Waals surface area contributed by atoms with Crippen LogP contribution < -0.4 is 25.0 Å². The summed E-state index contributed by atoms with van der Waals surface area (Å²) in [4.78, 5) is 16.0. The number of anilines is 2. The topological polar surface area (TPSA) is 155 Å². The summed E-state index contributed by atoms with van der Waals surface area (Å²) in [6.45, 7) is 7.95. The minimum atomic E-state index is -0.371. The average Bonchev–Trinajstić information content (AvgIpc) is 3.76. The van der Waals surface area contributed by atoms with E-state index in [0.29, 0.717) is 35.7 Å². The molecular weight excluding hydrogens is 646 g/mol. The van der Waals surface area contributed by atoms with Gasteiger partial charge in [-0.1, -0.05) is 45.0 Å². The average molecular weight is 690 g/mol. The monoisotopic (exact) mass is 689 g/mol. The predicted molar refractivity (Wildman–Crippen MR) is 193 cm³/mol. The van der Waals surface area contributed by atoms with Gasteiger partial charge in [-0.15, -0.1) is 10.2 Å². The third kappa shape index (κ3) is 7.18. The van der Waals surface area contributed by atoms with Crippen LogP contribution in [0.3, 0.4) is 0 Å². The number of piperidine rings is 1. The van der Waals surface area contributed by atoms with Crippen LogP contribution >= 0.6 is 0 Å². The molecule has 0 spiro atoms. The molecule has 1 unspecified atom stereocenters. The van der Waals surface area contributed by atoms with Gasteiger partial charge in [-0.05, 0) is 67.5 Å². The molecule has 2 amide bonds. The molecule has 2 aromatic carbocycles. The van der Waals surface area contributed by atoms with Crippen molar-refractivity contribution in [1.82, 2.24) is 29.7 Å². The van der Waals surface area contributed by atoms with Crippen LogP contribution in [-0.2, 0) is 5.41 Å². The molecule has 3 N–H and O–H groups in total. The molecule has 2 atom stereocenters. The molecule has 0 bridgehead atoms. The van der Waals surface area contributed by atoms with E-state index in [1.54, 1.807) is 22.9 Å². The summed E-state index contributed by atoms with van der Waals surface area (Å²) in [5, 5.41) is 38.7. The van der Waals surface area contributed by atoms with Crippen molar-refractivity contribution in [2.45, 2.75) is 70.4 Å². The van der Waals surface area contributed by atoms with Gasteiger partial charge < -0.3 is 24.8 Å². The third-order valence-corrected chi connectivity index (χ3v) is 9.41. The van der Waals surface area contributed by atoms with E-state index >= 15 is 0 Å². The van der Waals surface area contributed by atoms with Crippen molar-refractivity contribution < 1.29 is 19.4 Å². The number of aliphatic hydroxyl groups is 1. The molecule has 1 saturated heterocycles. The number of rotatable bonds is 9. The van der Waals surface area contributed by atoms with Crippen LogP contribution in [0.15, 0.2) is 66.9 Å². The molecule has 3 aromatic heterocycles. The van der Waals surface area contributed by atoms with Gasteiger partial charge in [-0.3, -0.25) is 9.72 Å². The Morgan fingerprint density at radius 3 is 2.59 bits per heavy atom. The molecule has 7 rings (SSSR count). The Morgan fingerprint density at radius 1 is 1.02 bits per heavy atom. The molecule has 0 saturated carbocycles. The second-order valence-electron chi connectivity index (χ2n) is 14.0. The van der Waals surface area contributed by atoms with Gasteiger partial charge in [0.1, 0.15) is 36.1 Å². The second kappa shape index (κ2) is 14.3. The Labute approximate surface area is 296 Å². The number of ether oxygens (including phenoxy) is 2. The minimum absolute atomic E-state index is 0.0454. The lowest BCUT2D eigenvalue weighted by Gasteiger charge is -2.32. The highest BCUT2D eigenvalue weighted by atomic mass is 16.5. The molecule has 264 valence electrons. The number of pyridine rings is 1. The van der Waals surface area contributed by atoms with E-state index in [9.17, 15) is 15.2 Å². The van der Waals surface area contributed by atoms with E-state index in [0.717, 1.165) is 60.1 Å². The molecule has 1 aliphatic heterocycles. The highest BCUT2D eigenvalue weighted by Gasteiger charge is 2.30. The van der Waals surface area contributed by atoms with E-state index in [1.807, 2.05) is 67.8 Å². The second-order valence-corrected chi connectivity index (χ2v) is 14.0. The lowest BCUT2D eigenvalue weighted by molar-refractivity contribution is 0.171. The Hall–Kier alpha value is -5.61. The van der Waals surface area contributed by atoms with Crippen LogP contribution in [0.25, 0.3) is 11.3 Å². The van der Waals surface area contributed by atoms with Gasteiger partial charge in [0.05, 0.1) is 35.8 Å². The van der Waals surface area contributed by atoms with Crippen molar-refractivity contribution in [3.8, 4) is 23.3 Å². The van der Waals surface area contributed by atoms with Gasteiger partial charge in [-0.25, -0.2) is 9.48 Å². The molecule has 1 aliphatic carbocycles. The molecule has 2 aliphatic rings. The number of nitrogens with one attached hydrogen (secondary N) is 2. The molecule has 4 heterocycles.